The maximum Gasteiger partial charge on any atom is 0.416 e. The minimum absolute atomic E-state index is 0.213. The summed E-state index contributed by atoms with van der Waals surface area (Å²) in [5.41, 5.74) is 0.00115. The lowest BCUT2D eigenvalue weighted by molar-refractivity contribution is -0.142. The number of likely N-dealkylation sites (tertiary alicyclic amines) is 1. The van der Waals surface area contributed by atoms with E-state index in [-0.39, 0.29) is 5.91 Å². The summed E-state index contributed by atoms with van der Waals surface area (Å²) in [6.07, 6.45) is 0.473. The highest BCUT2D eigenvalue weighted by Gasteiger charge is 2.48. The average Bonchev–Trinajstić information content (AvgIpc) is 2.72. The highest BCUT2D eigenvalue weighted by Crippen LogP contribution is 2.46. The molecule has 1 unspecified atom stereocenters. The first kappa shape index (κ1) is 22.5. The van der Waals surface area contributed by atoms with Gasteiger partial charge in [-0.15, -0.1) is 11.8 Å². The standard InChI is InChI=1S/C24H25ClF3NOS/c25-20-8-4-18(5-9-20)23(12-2-13-23)22(30)29-14-1-3-17(15-29)16-31-21-10-6-19(7-11-21)24(26,27)28/h4-11,17H,1-3,12-16H2. The van der Waals surface area contributed by atoms with Crippen LogP contribution in [0.1, 0.15) is 43.2 Å². The van der Waals surface area contributed by atoms with E-state index in [9.17, 15) is 18.0 Å². The van der Waals surface area contributed by atoms with Crippen molar-refractivity contribution in [2.24, 2.45) is 5.92 Å². The van der Waals surface area contributed by atoms with E-state index in [2.05, 4.69) is 0 Å². The van der Waals surface area contributed by atoms with E-state index >= 15 is 0 Å². The third-order valence-electron chi connectivity index (χ3n) is 6.49. The zero-order valence-corrected chi connectivity index (χ0v) is 18.7. The van der Waals surface area contributed by atoms with Gasteiger partial charge in [-0.2, -0.15) is 13.2 Å². The average molecular weight is 468 g/mol. The number of rotatable bonds is 5. The Morgan fingerprint density at radius 3 is 2.32 bits per heavy atom. The normalized spacial score (nSPS) is 20.9. The lowest BCUT2D eigenvalue weighted by Crippen LogP contribution is -2.53. The molecule has 0 aromatic heterocycles. The van der Waals surface area contributed by atoms with Gasteiger partial charge in [0, 0.05) is 28.8 Å². The molecule has 1 aliphatic heterocycles. The van der Waals surface area contributed by atoms with Crippen molar-refractivity contribution < 1.29 is 18.0 Å². The van der Waals surface area contributed by atoms with Crippen molar-refractivity contribution in [3.8, 4) is 0 Å². The number of amides is 1. The van der Waals surface area contributed by atoms with E-state index in [1.54, 1.807) is 11.8 Å². The number of alkyl halides is 3. The van der Waals surface area contributed by atoms with Gasteiger partial charge in [0.2, 0.25) is 5.91 Å². The third-order valence-corrected chi connectivity index (χ3v) is 7.98. The molecule has 4 rings (SSSR count). The molecule has 31 heavy (non-hydrogen) atoms. The van der Waals surface area contributed by atoms with E-state index < -0.39 is 17.2 Å². The molecule has 0 N–H and O–H groups in total. The van der Waals surface area contributed by atoms with Crippen LogP contribution >= 0.6 is 23.4 Å². The second-order valence-electron chi connectivity index (χ2n) is 8.54. The zero-order valence-electron chi connectivity index (χ0n) is 17.1. The summed E-state index contributed by atoms with van der Waals surface area (Å²) >= 11 is 7.60. The molecule has 2 aliphatic rings. The molecule has 0 radical (unpaired) electrons. The number of hydrogen-bond acceptors (Lipinski definition) is 2. The topological polar surface area (TPSA) is 20.3 Å². The molecule has 0 bridgehead atoms. The molecule has 166 valence electrons. The fourth-order valence-electron chi connectivity index (χ4n) is 4.57. The van der Waals surface area contributed by atoms with E-state index in [1.807, 2.05) is 29.2 Å². The Balaban J connectivity index is 1.38. The molecular weight excluding hydrogens is 443 g/mol. The lowest BCUT2D eigenvalue weighted by atomic mass is 9.63. The van der Waals surface area contributed by atoms with Crippen molar-refractivity contribution in [3.63, 3.8) is 0 Å². The zero-order chi connectivity index (χ0) is 22.1. The van der Waals surface area contributed by atoms with Crippen LogP contribution in [0.3, 0.4) is 0 Å². The van der Waals surface area contributed by atoms with Crippen LogP contribution in [0.25, 0.3) is 0 Å². The first-order chi connectivity index (χ1) is 14.8. The Labute approximate surface area is 190 Å². The van der Waals surface area contributed by atoms with Crippen molar-refractivity contribution in [1.29, 1.82) is 0 Å². The number of hydrogen-bond donors (Lipinski definition) is 0. The van der Waals surface area contributed by atoms with Gasteiger partial charge in [0.25, 0.3) is 0 Å². The van der Waals surface area contributed by atoms with E-state index in [1.165, 1.54) is 12.1 Å². The van der Waals surface area contributed by atoms with Gasteiger partial charge in [0.1, 0.15) is 0 Å². The second kappa shape index (κ2) is 9.07. The summed E-state index contributed by atoms with van der Waals surface area (Å²) in [6.45, 7) is 1.48. The Kier molecular flexibility index (Phi) is 6.59. The lowest BCUT2D eigenvalue weighted by Gasteiger charge is -2.46. The summed E-state index contributed by atoms with van der Waals surface area (Å²) in [6, 6.07) is 13.0. The molecule has 7 heteroatoms. The predicted octanol–water partition coefficient (Wildman–Crippen LogP) is 6.81. The Morgan fingerprint density at radius 2 is 1.74 bits per heavy atom. The predicted molar refractivity (Wildman–Crippen MR) is 118 cm³/mol. The molecule has 2 aromatic carbocycles. The Morgan fingerprint density at radius 1 is 1.06 bits per heavy atom. The highest BCUT2D eigenvalue weighted by molar-refractivity contribution is 7.99. The summed E-state index contributed by atoms with van der Waals surface area (Å²) < 4.78 is 38.2. The van der Waals surface area contributed by atoms with E-state index in [0.29, 0.717) is 17.5 Å². The molecule has 1 atom stereocenters. The number of carbonyl (C=O) groups excluding carboxylic acids is 1. The number of thioether (sulfide) groups is 1. The first-order valence-corrected chi connectivity index (χ1v) is 12.0. The van der Waals surface area contributed by atoms with Crippen molar-refractivity contribution in [2.75, 3.05) is 18.8 Å². The summed E-state index contributed by atoms with van der Waals surface area (Å²) in [5.74, 6) is 1.35. The smallest absolute Gasteiger partial charge is 0.342 e. The monoisotopic (exact) mass is 467 g/mol. The van der Waals surface area contributed by atoms with Gasteiger partial charge in [-0.1, -0.05) is 30.2 Å². The third kappa shape index (κ3) is 4.90. The molecule has 1 heterocycles. The Bertz CT molecular complexity index is 910. The molecule has 0 spiro atoms. The fourth-order valence-corrected chi connectivity index (χ4v) is 5.72. The second-order valence-corrected chi connectivity index (χ2v) is 10.1. The number of benzene rings is 2. The van der Waals surface area contributed by atoms with E-state index in [0.717, 1.165) is 67.0 Å². The van der Waals surface area contributed by atoms with Crippen LogP contribution in [-0.4, -0.2) is 29.6 Å². The van der Waals surface area contributed by atoms with Crippen LogP contribution in [0.2, 0.25) is 5.02 Å². The van der Waals surface area contributed by atoms with Crippen molar-refractivity contribution in [2.45, 2.75) is 48.6 Å². The van der Waals surface area contributed by atoms with Crippen LogP contribution in [0.4, 0.5) is 13.2 Å². The molecule has 1 amide bonds. The van der Waals surface area contributed by atoms with Gasteiger partial charge in [0.15, 0.2) is 0 Å². The van der Waals surface area contributed by atoms with Gasteiger partial charge in [0.05, 0.1) is 11.0 Å². The number of halogens is 4. The molecule has 2 aromatic rings. The van der Waals surface area contributed by atoms with Crippen LogP contribution in [-0.2, 0) is 16.4 Å². The van der Waals surface area contributed by atoms with E-state index in [4.69, 9.17) is 11.6 Å². The summed E-state index contributed by atoms with van der Waals surface area (Å²) in [7, 11) is 0. The van der Waals surface area contributed by atoms with Gasteiger partial charge < -0.3 is 4.90 Å². The number of carbonyl (C=O) groups is 1. The molecule has 1 saturated heterocycles. The number of nitrogens with zero attached hydrogens (tertiary/aromatic N) is 1. The van der Waals surface area contributed by atoms with Crippen LogP contribution in [0.15, 0.2) is 53.4 Å². The molecule has 1 aliphatic carbocycles. The van der Waals surface area contributed by atoms with Crippen molar-refractivity contribution >= 4 is 29.3 Å². The highest BCUT2D eigenvalue weighted by atomic mass is 35.5. The summed E-state index contributed by atoms with van der Waals surface area (Å²) in [4.78, 5) is 16.4. The van der Waals surface area contributed by atoms with Gasteiger partial charge in [-0.05, 0) is 73.6 Å². The van der Waals surface area contributed by atoms with Crippen LogP contribution in [0, 0.1) is 5.92 Å². The molecular formula is C24H25ClF3NOS. The SMILES string of the molecule is O=C(N1CCCC(CSc2ccc(C(F)(F)F)cc2)C1)C1(c2ccc(Cl)cc2)CCC1. The van der Waals surface area contributed by atoms with Crippen molar-refractivity contribution in [3.05, 3.63) is 64.7 Å². The number of piperidine rings is 1. The largest absolute Gasteiger partial charge is 0.416 e. The molecule has 2 fully saturated rings. The maximum atomic E-state index is 13.5. The molecule has 1 saturated carbocycles. The first-order valence-electron chi connectivity index (χ1n) is 10.6. The quantitative estimate of drug-likeness (QED) is 0.450. The maximum absolute atomic E-state index is 13.5. The molecule has 2 nitrogen and oxygen atoms in total. The Hall–Kier alpha value is -1.66. The fraction of sp³-hybridized carbons (Fsp3) is 0.458. The van der Waals surface area contributed by atoms with Crippen molar-refractivity contribution in [1.82, 2.24) is 4.90 Å². The minimum atomic E-state index is -4.31. The van der Waals surface area contributed by atoms with Crippen LogP contribution in [0.5, 0.6) is 0 Å². The summed E-state index contributed by atoms with van der Waals surface area (Å²) in [5, 5.41) is 0.670. The van der Waals surface area contributed by atoms with Gasteiger partial charge in [-0.25, -0.2) is 0 Å². The van der Waals surface area contributed by atoms with Gasteiger partial charge in [-0.3, -0.25) is 4.79 Å². The van der Waals surface area contributed by atoms with Crippen LogP contribution < -0.4 is 0 Å². The minimum Gasteiger partial charge on any atom is -0.342 e. The van der Waals surface area contributed by atoms with Gasteiger partial charge >= 0.3 is 6.18 Å².